The van der Waals surface area contributed by atoms with E-state index in [9.17, 15) is 9.59 Å². The Hall–Kier alpha value is -1.06. The highest BCUT2D eigenvalue weighted by Crippen LogP contribution is 2.21. The lowest BCUT2D eigenvalue weighted by atomic mass is 10.1. The van der Waals surface area contributed by atoms with Crippen LogP contribution in [0.2, 0.25) is 0 Å². The summed E-state index contributed by atoms with van der Waals surface area (Å²) in [5.41, 5.74) is 0. The molecule has 0 N–H and O–H groups in total. The first-order chi connectivity index (χ1) is 11.2. The van der Waals surface area contributed by atoms with E-state index in [2.05, 4.69) is 6.92 Å². The fourth-order valence-electron chi connectivity index (χ4n) is 3.27. The van der Waals surface area contributed by atoms with Gasteiger partial charge in [0.25, 0.3) is 0 Å². The van der Waals surface area contributed by atoms with E-state index in [1.165, 1.54) is 51.4 Å². The number of rotatable bonds is 13. The summed E-state index contributed by atoms with van der Waals surface area (Å²) in [6, 6.07) is -0.332. The predicted molar refractivity (Wildman–Crippen MR) is 93.2 cm³/mol. The third-order valence-electron chi connectivity index (χ3n) is 4.64. The van der Waals surface area contributed by atoms with Gasteiger partial charge in [-0.1, -0.05) is 64.7 Å². The summed E-state index contributed by atoms with van der Waals surface area (Å²) in [4.78, 5) is 25.5. The minimum atomic E-state index is -0.332. The smallest absolute Gasteiger partial charge is 0.328 e. The van der Waals surface area contributed by atoms with Gasteiger partial charge in [-0.2, -0.15) is 0 Å². The van der Waals surface area contributed by atoms with Crippen LogP contribution in [0.5, 0.6) is 0 Å². The molecule has 1 heterocycles. The highest BCUT2D eigenvalue weighted by Gasteiger charge is 2.36. The van der Waals surface area contributed by atoms with E-state index in [1.54, 1.807) is 11.8 Å². The molecule has 23 heavy (non-hydrogen) atoms. The van der Waals surface area contributed by atoms with Crippen LogP contribution in [0.3, 0.4) is 0 Å². The van der Waals surface area contributed by atoms with Crippen LogP contribution in [-0.4, -0.2) is 36.0 Å². The number of hydrogen-bond acceptors (Lipinski definition) is 3. The zero-order valence-corrected chi connectivity index (χ0v) is 15.1. The van der Waals surface area contributed by atoms with Gasteiger partial charge < -0.3 is 9.64 Å². The third-order valence-corrected chi connectivity index (χ3v) is 4.64. The van der Waals surface area contributed by atoms with Gasteiger partial charge >= 0.3 is 5.97 Å². The molecular weight excluding hydrogens is 290 g/mol. The van der Waals surface area contributed by atoms with Crippen molar-refractivity contribution in [3.05, 3.63) is 0 Å². The summed E-state index contributed by atoms with van der Waals surface area (Å²) in [6.07, 6.45) is 13.9. The van der Waals surface area contributed by atoms with Crippen LogP contribution < -0.4 is 0 Å². The molecule has 4 heteroatoms. The number of ether oxygens (including phenoxy) is 1. The van der Waals surface area contributed by atoms with Gasteiger partial charge in [0.05, 0.1) is 6.61 Å². The predicted octanol–water partition coefficient (Wildman–Crippen LogP) is 4.46. The van der Waals surface area contributed by atoms with Gasteiger partial charge in [-0.05, 0) is 19.8 Å². The van der Waals surface area contributed by atoms with Crippen LogP contribution in [0.4, 0.5) is 0 Å². The normalized spacial score (nSPS) is 17.7. The van der Waals surface area contributed by atoms with Crippen LogP contribution in [0.15, 0.2) is 0 Å². The molecule has 0 radical (unpaired) electrons. The number of likely N-dealkylation sites (tertiary alicyclic amines) is 1. The molecule has 0 aromatic carbocycles. The third kappa shape index (κ3) is 7.85. The molecule has 0 aromatic rings. The summed E-state index contributed by atoms with van der Waals surface area (Å²) in [5.74, 6) is -0.121. The van der Waals surface area contributed by atoms with E-state index in [4.69, 9.17) is 4.74 Å². The quantitative estimate of drug-likeness (QED) is 0.371. The monoisotopic (exact) mass is 325 g/mol. The molecule has 4 nitrogen and oxygen atoms in total. The number of hydrogen-bond donors (Lipinski definition) is 0. The van der Waals surface area contributed by atoms with E-state index in [-0.39, 0.29) is 17.9 Å². The van der Waals surface area contributed by atoms with Crippen LogP contribution in [0, 0.1) is 0 Å². The lowest BCUT2D eigenvalue weighted by Crippen LogP contribution is -2.40. The number of nitrogens with zero attached hydrogens (tertiary/aromatic N) is 1. The molecule has 1 aliphatic rings. The minimum absolute atomic E-state index is 0.110. The molecule has 1 fully saturated rings. The van der Waals surface area contributed by atoms with E-state index in [0.29, 0.717) is 26.0 Å². The van der Waals surface area contributed by atoms with Gasteiger partial charge in [0.15, 0.2) is 0 Å². The SMILES string of the molecule is CCCCCCCCCCCCN1C(=O)CCC1C(=O)OCC. The maximum Gasteiger partial charge on any atom is 0.328 e. The van der Waals surface area contributed by atoms with E-state index >= 15 is 0 Å². The van der Waals surface area contributed by atoms with Gasteiger partial charge in [-0.15, -0.1) is 0 Å². The fourth-order valence-corrected chi connectivity index (χ4v) is 3.27. The Morgan fingerprint density at radius 2 is 1.57 bits per heavy atom. The first-order valence-corrected chi connectivity index (χ1v) is 9.66. The van der Waals surface area contributed by atoms with Gasteiger partial charge in [0.1, 0.15) is 6.04 Å². The molecule has 0 aromatic heterocycles. The lowest BCUT2D eigenvalue weighted by Gasteiger charge is -2.23. The largest absolute Gasteiger partial charge is 0.464 e. The minimum Gasteiger partial charge on any atom is -0.464 e. The Bertz CT molecular complexity index is 344. The lowest BCUT2D eigenvalue weighted by molar-refractivity contribution is -0.151. The standard InChI is InChI=1S/C19H35NO3/c1-3-5-6-7-8-9-10-11-12-13-16-20-17(14-15-18(20)21)19(22)23-4-2/h17H,3-16H2,1-2H3. The van der Waals surface area contributed by atoms with E-state index in [1.807, 2.05) is 0 Å². The second kappa shape index (κ2) is 12.4. The molecule has 1 rings (SSSR count). The number of esters is 1. The van der Waals surface area contributed by atoms with Crippen molar-refractivity contribution >= 4 is 11.9 Å². The molecule has 1 saturated heterocycles. The molecule has 1 aliphatic heterocycles. The molecule has 1 atom stereocenters. The maximum absolute atomic E-state index is 11.9. The van der Waals surface area contributed by atoms with Crippen LogP contribution in [0.1, 0.15) is 90.9 Å². The molecule has 1 unspecified atom stereocenters. The summed E-state index contributed by atoms with van der Waals surface area (Å²) < 4.78 is 5.07. The summed E-state index contributed by atoms with van der Waals surface area (Å²) >= 11 is 0. The van der Waals surface area contributed by atoms with Gasteiger partial charge in [-0.3, -0.25) is 4.79 Å². The Labute approximate surface area is 141 Å². The first-order valence-electron chi connectivity index (χ1n) is 9.66. The van der Waals surface area contributed by atoms with Crippen molar-refractivity contribution in [3.63, 3.8) is 0 Å². The second-order valence-corrected chi connectivity index (χ2v) is 6.58. The average Bonchev–Trinajstić information content (AvgIpc) is 2.90. The van der Waals surface area contributed by atoms with Gasteiger partial charge in [-0.25, -0.2) is 4.79 Å². The van der Waals surface area contributed by atoms with Crippen LogP contribution in [0.25, 0.3) is 0 Å². The molecular formula is C19H35NO3. The maximum atomic E-state index is 11.9. The number of carbonyl (C=O) groups excluding carboxylic acids is 2. The van der Waals surface area contributed by atoms with E-state index < -0.39 is 0 Å². The molecule has 0 bridgehead atoms. The zero-order chi connectivity index (χ0) is 16.9. The summed E-state index contributed by atoms with van der Waals surface area (Å²) in [5, 5.41) is 0. The zero-order valence-electron chi connectivity index (χ0n) is 15.1. The fraction of sp³-hybridized carbons (Fsp3) is 0.895. The topological polar surface area (TPSA) is 46.6 Å². The molecule has 0 saturated carbocycles. The van der Waals surface area contributed by atoms with Gasteiger partial charge in [0.2, 0.25) is 5.91 Å². The van der Waals surface area contributed by atoms with Crippen molar-refractivity contribution in [2.45, 2.75) is 96.9 Å². The Morgan fingerprint density at radius 1 is 1.00 bits per heavy atom. The molecule has 0 aliphatic carbocycles. The van der Waals surface area contributed by atoms with Gasteiger partial charge in [0, 0.05) is 13.0 Å². The summed E-state index contributed by atoms with van der Waals surface area (Å²) in [6.45, 7) is 5.15. The van der Waals surface area contributed by atoms with Crippen molar-refractivity contribution in [1.29, 1.82) is 0 Å². The number of carbonyl (C=O) groups is 2. The molecule has 0 spiro atoms. The Morgan fingerprint density at radius 3 is 2.13 bits per heavy atom. The van der Waals surface area contributed by atoms with Crippen molar-refractivity contribution < 1.29 is 14.3 Å². The first kappa shape index (κ1) is 20.0. The van der Waals surface area contributed by atoms with Crippen molar-refractivity contribution in [2.24, 2.45) is 0 Å². The Balaban J connectivity index is 2.07. The number of unbranched alkanes of at least 4 members (excludes halogenated alkanes) is 9. The number of amides is 1. The Kier molecular flexibility index (Phi) is 10.8. The molecule has 1 amide bonds. The van der Waals surface area contributed by atoms with Crippen molar-refractivity contribution in [2.75, 3.05) is 13.2 Å². The van der Waals surface area contributed by atoms with Crippen LogP contribution in [-0.2, 0) is 14.3 Å². The van der Waals surface area contributed by atoms with E-state index in [0.717, 1.165) is 12.8 Å². The van der Waals surface area contributed by atoms with Crippen molar-refractivity contribution in [3.8, 4) is 0 Å². The highest BCUT2D eigenvalue weighted by atomic mass is 16.5. The second-order valence-electron chi connectivity index (χ2n) is 6.58. The highest BCUT2D eigenvalue weighted by molar-refractivity contribution is 5.88. The average molecular weight is 325 g/mol. The summed E-state index contributed by atoms with van der Waals surface area (Å²) in [7, 11) is 0. The van der Waals surface area contributed by atoms with Crippen LogP contribution >= 0.6 is 0 Å². The molecule has 134 valence electrons. The van der Waals surface area contributed by atoms with Crippen molar-refractivity contribution in [1.82, 2.24) is 4.90 Å².